The molecule has 2 aromatic rings. The zero-order valence-electron chi connectivity index (χ0n) is 19.6. The van der Waals surface area contributed by atoms with E-state index >= 15 is 4.39 Å². The van der Waals surface area contributed by atoms with Crippen molar-refractivity contribution in [2.45, 2.75) is 45.1 Å². The monoisotopic (exact) mass is 498 g/mol. The first-order valence-electron chi connectivity index (χ1n) is 11.3. The number of rotatable bonds is 9. The van der Waals surface area contributed by atoms with Crippen LogP contribution in [0.3, 0.4) is 0 Å². The van der Waals surface area contributed by atoms with Gasteiger partial charge < -0.3 is 21.1 Å². The molecule has 0 unspecified atom stereocenters. The lowest BCUT2D eigenvalue weighted by atomic mass is 9.93. The Kier molecular flexibility index (Phi) is 8.49. The average Bonchev–Trinajstić information content (AvgIpc) is 2.77. The molecule has 35 heavy (non-hydrogen) atoms. The molecule has 1 saturated heterocycles. The molecule has 1 amide bonds. The lowest BCUT2D eigenvalue weighted by Crippen LogP contribution is -2.48. The number of likely N-dealkylation sites (tertiary alicyclic amines) is 1. The SMILES string of the molecule is CC(C)N(Cc1ccc(C(F)(F)F)cc1)c1ncnc(NC[C@H]2CCN(CC(N)=O)C[C@H]2O)c1F. The van der Waals surface area contributed by atoms with Gasteiger partial charge in [0, 0.05) is 31.6 Å². The summed E-state index contributed by atoms with van der Waals surface area (Å²) in [5, 5.41) is 13.4. The first-order chi connectivity index (χ1) is 16.5. The van der Waals surface area contributed by atoms with Crippen LogP contribution < -0.4 is 16.0 Å². The molecule has 0 aliphatic carbocycles. The van der Waals surface area contributed by atoms with Gasteiger partial charge in [-0.3, -0.25) is 9.69 Å². The Hall–Kier alpha value is -2.99. The molecule has 1 fully saturated rings. The molecule has 4 N–H and O–H groups in total. The van der Waals surface area contributed by atoms with Gasteiger partial charge in [0.2, 0.25) is 11.7 Å². The topological polar surface area (TPSA) is 108 Å². The van der Waals surface area contributed by atoms with Gasteiger partial charge in [0.1, 0.15) is 6.33 Å². The Bertz CT molecular complexity index is 1000. The Labute approximate surface area is 201 Å². The second kappa shape index (κ2) is 11.2. The number of hydrogen-bond donors (Lipinski definition) is 3. The van der Waals surface area contributed by atoms with Gasteiger partial charge in [-0.1, -0.05) is 12.1 Å². The molecular formula is C23H30F4N6O2. The summed E-state index contributed by atoms with van der Waals surface area (Å²) in [4.78, 5) is 22.6. The van der Waals surface area contributed by atoms with E-state index in [1.807, 2.05) is 13.8 Å². The molecular weight excluding hydrogens is 468 g/mol. The number of nitrogens with zero attached hydrogens (tertiary/aromatic N) is 4. The van der Waals surface area contributed by atoms with Crippen LogP contribution in [0, 0.1) is 11.7 Å². The molecule has 1 aliphatic heterocycles. The fourth-order valence-electron chi connectivity index (χ4n) is 4.06. The highest BCUT2D eigenvalue weighted by Crippen LogP contribution is 2.30. The maximum absolute atomic E-state index is 15.4. The van der Waals surface area contributed by atoms with E-state index in [1.54, 1.807) is 9.80 Å². The Balaban J connectivity index is 1.69. The molecule has 8 nitrogen and oxygen atoms in total. The van der Waals surface area contributed by atoms with Gasteiger partial charge in [-0.15, -0.1) is 0 Å². The normalized spacial score (nSPS) is 19.1. The maximum atomic E-state index is 15.4. The summed E-state index contributed by atoms with van der Waals surface area (Å²) in [5.74, 6) is -1.33. The number of hydrogen-bond acceptors (Lipinski definition) is 7. The van der Waals surface area contributed by atoms with E-state index in [0.29, 0.717) is 25.1 Å². The Morgan fingerprint density at radius 1 is 1.29 bits per heavy atom. The number of amides is 1. The molecule has 3 rings (SSSR count). The standard InChI is InChI=1S/C23H30F4N6O2/c1-14(2)33(10-15-3-5-17(6-4-15)23(25,26)27)22-20(24)21(30-13-31-22)29-9-16-7-8-32(11-18(16)34)12-19(28)35/h3-6,13-14,16,18,34H,7-12H2,1-2H3,(H2,28,35)(H,29,30,31)/t16-,18-/m1/s1. The largest absolute Gasteiger partial charge is 0.416 e. The number of piperidine rings is 1. The van der Waals surface area contributed by atoms with Crippen LogP contribution >= 0.6 is 0 Å². The number of carbonyl (C=O) groups excluding carboxylic acids is 1. The van der Waals surface area contributed by atoms with E-state index in [9.17, 15) is 23.1 Å². The summed E-state index contributed by atoms with van der Waals surface area (Å²) >= 11 is 0. The van der Waals surface area contributed by atoms with Crippen molar-refractivity contribution in [3.05, 3.63) is 47.5 Å². The third-order valence-electron chi connectivity index (χ3n) is 6.02. The molecule has 192 valence electrons. The quantitative estimate of drug-likeness (QED) is 0.456. The predicted molar refractivity (Wildman–Crippen MR) is 123 cm³/mol. The molecule has 1 aromatic carbocycles. The van der Waals surface area contributed by atoms with E-state index in [1.165, 1.54) is 18.5 Å². The van der Waals surface area contributed by atoms with Crippen LogP contribution in [0.25, 0.3) is 0 Å². The smallest absolute Gasteiger partial charge is 0.391 e. The lowest BCUT2D eigenvalue weighted by molar-refractivity contribution is -0.137. The first kappa shape index (κ1) is 26.6. The highest BCUT2D eigenvalue weighted by atomic mass is 19.4. The third kappa shape index (κ3) is 7.01. The highest BCUT2D eigenvalue weighted by Gasteiger charge is 2.31. The molecule has 2 heterocycles. The van der Waals surface area contributed by atoms with Crippen molar-refractivity contribution in [2.24, 2.45) is 11.7 Å². The number of carbonyl (C=O) groups is 1. The van der Waals surface area contributed by atoms with E-state index < -0.39 is 29.6 Å². The second-order valence-corrected chi connectivity index (χ2v) is 8.97. The molecule has 12 heteroatoms. The fourth-order valence-corrected chi connectivity index (χ4v) is 4.06. The number of primary amides is 1. The number of aliphatic hydroxyl groups excluding tert-OH is 1. The van der Waals surface area contributed by atoms with Crippen molar-refractivity contribution in [1.82, 2.24) is 14.9 Å². The van der Waals surface area contributed by atoms with Crippen LogP contribution in [0.2, 0.25) is 0 Å². The first-order valence-corrected chi connectivity index (χ1v) is 11.3. The lowest BCUT2D eigenvalue weighted by Gasteiger charge is -2.35. The predicted octanol–water partition coefficient (Wildman–Crippen LogP) is 2.63. The van der Waals surface area contributed by atoms with Crippen LogP contribution in [-0.2, 0) is 17.5 Å². The van der Waals surface area contributed by atoms with E-state index in [0.717, 1.165) is 12.1 Å². The van der Waals surface area contributed by atoms with E-state index in [4.69, 9.17) is 5.73 Å². The summed E-state index contributed by atoms with van der Waals surface area (Å²) < 4.78 is 53.9. The van der Waals surface area contributed by atoms with E-state index in [2.05, 4.69) is 15.3 Å². The number of aromatic nitrogens is 2. The van der Waals surface area contributed by atoms with Crippen LogP contribution in [0.4, 0.5) is 29.2 Å². The number of anilines is 2. The fraction of sp³-hybridized carbons (Fsp3) is 0.522. The molecule has 0 spiro atoms. The van der Waals surface area contributed by atoms with Crippen LogP contribution in [0.1, 0.15) is 31.4 Å². The zero-order chi connectivity index (χ0) is 25.8. The number of halogens is 4. The van der Waals surface area contributed by atoms with Gasteiger partial charge in [-0.2, -0.15) is 17.6 Å². The minimum absolute atomic E-state index is 0.0224. The van der Waals surface area contributed by atoms with Crippen molar-refractivity contribution < 1.29 is 27.5 Å². The minimum atomic E-state index is -4.43. The van der Waals surface area contributed by atoms with Crippen molar-refractivity contribution in [2.75, 3.05) is 36.4 Å². The van der Waals surface area contributed by atoms with E-state index in [-0.39, 0.29) is 43.2 Å². The summed E-state index contributed by atoms with van der Waals surface area (Å²) in [7, 11) is 0. The number of β-amino-alcohol motifs (C(OH)–C–C–N with tert-alkyl or cyclic N) is 1. The summed E-state index contributed by atoms with van der Waals surface area (Å²) in [6, 6.07) is 4.52. The molecule has 1 aliphatic rings. The average molecular weight is 499 g/mol. The number of nitrogens with one attached hydrogen (secondary N) is 1. The van der Waals surface area contributed by atoms with Gasteiger partial charge in [-0.05, 0) is 44.5 Å². The van der Waals surface area contributed by atoms with Crippen molar-refractivity contribution in [3.63, 3.8) is 0 Å². The molecule has 1 aromatic heterocycles. The zero-order valence-corrected chi connectivity index (χ0v) is 19.6. The van der Waals surface area contributed by atoms with Gasteiger partial charge in [-0.25, -0.2) is 9.97 Å². The number of aliphatic hydroxyl groups is 1. The summed E-state index contributed by atoms with van der Waals surface area (Å²) in [6.45, 7) is 5.02. The molecule has 2 atom stereocenters. The number of nitrogens with two attached hydrogens (primary N) is 1. The van der Waals surface area contributed by atoms with Gasteiger partial charge in [0.25, 0.3) is 0 Å². The van der Waals surface area contributed by atoms with Crippen molar-refractivity contribution in [3.8, 4) is 0 Å². The van der Waals surface area contributed by atoms with Crippen LogP contribution in [-0.4, -0.2) is 64.2 Å². The third-order valence-corrected chi connectivity index (χ3v) is 6.02. The van der Waals surface area contributed by atoms with Crippen molar-refractivity contribution in [1.29, 1.82) is 0 Å². The molecule has 0 radical (unpaired) electrons. The Morgan fingerprint density at radius 3 is 2.54 bits per heavy atom. The summed E-state index contributed by atoms with van der Waals surface area (Å²) in [6.07, 6.45) is -3.34. The van der Waals surface area contributed by atoms with Crippen LogP contribution in [0.15, 0.2) is 30.6 Å². The van der Waals surface area contributed by atoms with Crippen molar-refractivity contribution >= 4 is 17.5 Å². The molecule has 0 saturated carbocycles. The van der Waals surface area contributed by atoms with Gasteiger partial charge in [0.15, 0.2) is 11.6 Å². The highest BCUT2D eigenvalue weighted by molar-refractivity contribution is 5.75. The van der Waals surface area contributed by atoms with Gasteiger partial charge in [0.05, 0.1) is 18.2 Å². The van der Waals surface area contributed by atoms with Gasteiger partial charge >= 0.3 is 6.18 Å². The number of alkyl halides is 3. The van der Waals surface area contributed by atoms with Crippen LogP contribution in [0.5, 0.6) is 0 Å². The number of benzene rings is 1. The Morgan fingerprint density at radius 2 is 1.97 bits per heavy atom. The maximum Gasteiger partial charge on any atom is 0.416 e. The summed E-state index contributed by atoms with van der Waals surface area (Å²) in [5.41, 5.74) is 5.03. The minimum Gasteiger partial charge on any atom is -0.391 e. The second-order valence-electron chi connectivity index (χ2n) is 8.97. The molecule has 0 bridgehead atoms.